The van der Waals surface area contributed by atoms with Crippen molar-refractivity contribution in [2.24, 2.45) is 0 Å². The Balaban J connectivity index is 1.37. The SMILES string of the molecule is O=C(Nc1ccccc1Cl)NC1C[C@H]2CCC[C@H](C1)[NH+]2Cc1ccc(F)cc1. The fourth-order valence-corrected chi connectivity index (χ4v) is 4.97. The van der Waals surface area contributed by atoms with Crippen LogP contribution in [0.2, 0.25) is 5.02 Å². The topological polar surface area (TPSA) is 45.6 Å². The molecule has 2 atom stereocenters. The second-order valence-corrected chi connectivity index (χ2v) is 8.36. The van der Waals surface area contributed by atoms with Crippen LogP contribution in [0.3, 0.4) is 0 Å². The van der Waals surface area contributed by atoms with E-state index in [1.807, 2.05) is 24.3 Å². The van der Waals surface area contributed by atoms with E-state index in [4.69, 9.17) is 11.6 Å². The van der Waals surface area contributed by atoms with Gasteiger partial charge in [0.25, 0.3) is 0 Å². The monoisotopic (exact) mass is 402 g/mol. The summed E-state index contributed by atoms with van der Waals surface area (Å²) >= 11 is 6.13. The van der Waals surface area contributed by atoms with Crippen LogP contribution in [0.1, 0.15) is 37.7 Å². The highest BCUT2D eigenvalue weighted by molar-refractivity contribution is 6.33. The number of hydrogen-bond donors (Lipinski definition) is 3. The number of fused-ring (bicyclic) bond motifs is 2. The maximum absolute atomic E-state index is 13.2. The summed E-state index contributed by atoms with van der Waals surface area (Å²) in [4.78, 5) is 14.0. The lowest BCUT2D eigenvalue weighted by Gasteiger charge is -2.46. The Morgan fingerprint density at radius 3 is 2.43 bits per heavy atom. The number of anilines is 1. The number of halogens is 2. The van der Waals surface area contributed by atoms with Crippen LogP contribution in [0.15, 0.2) is 48.5 Å². The Morgan fingerprint density at radius 2 is 1.75 bits per heavy atom. The van der Waals surface area contributed by atoms with E-state index in [2.05, 4.69) is 10.6 Å². The normalized spacial score (nSPS) is 26.5. The van der Waals surface area contributed by atoms with Crippen LogP contribution >= 0.6 is 11.6 Å². The minimum Gasteiger partial charge on any atom is -0.335 e. The molecule has 2 saturated heterocycles. The van der Waals surface area contributed by atoms with Crippen molar-refractivity contribution in [3.8, 4) is 0 Å². The number of urea groups is 1. The molecule has 0 unspecified atom stereocenters. The third-order valence-corrected chi connectivity index (χ3v) is 6.40. The van der Waals surface area contributed by atoms with Crippen LogP contribution in [0.4, 0.5) is 14.9 Å². The molecule has 0 spiro atoms. The van der Waals surface area contributed by atoms with Gasteiger partial charge < -0.3 is 15.5 Å². The number of benzene rings is 2. The summed E-state index contributed by atoms with van der Waals surface area (Å²) in [6, 6.07) is 15.1. The molecule has 2 fully saturated rings. The van der Waals surface area contributed by atoms with Crippen molar-refractivity contribution in [3.05, 3.63) is 64.9 Å². The molecule has 2 bridgehead atoms. The van der Waals surface area contributed by atoms with Gasteiger partial charge in [-0.1, -0.05) is 35.9 Å². The van der Waals surface area contributed by atoms with E-state index in [-0.39, 0.29) is 17.9 Å². The van der Waals surface area contributed by atoms with Gasteiger partial charge in [0.2, 0.25) is 0 Å². The minimum absolute atomic E-state index is 0.176. The van der Waals surface area contributed by atoms with Crippen LogP contribution in [0.25, 0.3) is 0 Å². The fraction of sp³-hybridized carbons (Fsp3) is 0.409. The summed E-state index contributed by atoms with van der Waals surface area (Å²) in [5.74, 6) is -0.189. The van der Waals surface area contributed by atoms with Crippen molar-refractivity contribution in [2.45, 2.75) is 56.8 Å². The summed E-state index contributed by atoms with van der Waals surface area (Å²) in [7, 11) is 0. The van der Waals surface area contributed by atoms with E-state index in [0.717, 1.165) is 19.4 Å². The van der Waals surface area contributed by atoms with Gasteiger partial charge in [0.05, 0.1) is 22.8 Å². The van der Waals surface area contributed by atoms with Crippen LogP contribution in [-0.2, 0) is 6.54 Å². The van der Waals surface area contributed by atoms with Crippen molar-refractivity contribution >= 4 is 23.3 Å². The molecule has 0 aliphatic carbocycles. The largest absolute Gasteiger partial charge is 0.335 e. The number of quaternary nitrogens is 1. The standard InChI is InChI=1S/C22H25ClFN3O/c23-20-6-1-2-7-21(20)26-22(28)25-17-12-18-4-3-5-19(13-17)27(18)14-15-8-10-16(24)11-9-15/h1-2,6-11,17-19H,3-5,12-14H2,(H2,25,26,28)/p+1/t18-,19-/m1/s1. The van der Waals surface area contributed by atoms with Gasteiger partial charge in [-0.15, -0.1) is 0 Å². The first-order chi connectivity index (χ1) is 13.6. The number of piperidine rings is 2. The van der Waals surface area contributed by atoms with E-state index in [0.29, 0.717) is 22.8 Å². The Hall–Kier alpha value is -2.11. The highest BCUT2D eigenvalue weighted by atomic mass is 35.5. The lowest BCUT2D eigenvalue weighted by Crippen LogP contribution is -3.20. The Morgan fingerprint density at radius 1 is 1.07 bits per heavy atom. The third kappa shape index (κ3) is 4.47. The van der Waals surface area contributed by atoms with Gasteiger partial charge in [0, 0.05) is 24.4 Å². The minimum atomic E-state index is -0.196. The van der Waals surface area contributed by atoms with Gasteiger partial charge in [0.15, 0.2) is 0 Å². The molecule has 2 aromatic carbocycles. The molecule has 2 amide bonds. The molecule has 0 radical (unpaired) electrons. The fourth-order valence-electron chi connectivity index (χ4n) is 4.79. The third-order valence-electron chi connectivity index (χ3n) is 6.07. The van der Waals surface area contributed by atoms with Crippen molar-refractivity contribution in [1.82, 2.24) is 5.32 Å². The zero-order valence-electron chi connectivity index (χ0n) is 15.8. The predicted molar refractivity (Wildman–Crippen MR) is 109 cm³/mol. The van der Waals surface area contributed by atoms with Gasteiger partial charge in [-0.3, -0.25) is 0 Å². The van der Waals surface area contributed by atoms with Crippen LogP contribution in [-0.4, -0.2) is 24.2 Å². The first kappa shape index (κ1) is 19.2. The molecule has 4 rings (SSSR count). The summed E-state index contributed by atoms with van der Waals surface area (Å²) < 4.78 is 13.2. The zero-order chi connectivity index (χ0) is 19.5. The van der Waals surface area contributed by atoms with E-state index >= 15 is 0 Å². The van der Waals surface area contributed by atoms with Crippen molar-refractivity contribution < 1.29 is 14.1 Å². The molecule has 0 saturated carbocycles. The first-order valence-electron chi connectivity index (χ1n) is 10.0. The highest BCUT2D eigenvalue weighted by Crippen LogP contribution is 2.24. The maximum atomic E-state index is 13.2. The molecule has 28 heavy (non-hydrogen) atoms. The number of rotatable bonds is 4. The molecule has 2 aliphatic rings. The molecule has 0 aromatic heterocycles. The van der Waals surface area contributed by atoms with Crippen LogP contribution in [0.5, 0.6) is 0 Å². The predicted octanol–water partition coefficient (Wildman–Crippen LogP) is 3.77. The van der Waals surface area contributed by atoms with E-state index in [1.165, 1.54) is 37.0 Å². The number of carbonyl (C=O) groups is 1. The maximum Gasteiger partial charge on any atom is 0.319 e. The molecule has 3 N–H and O–H groups in total. The quantitative estimate of drug-likeness (QED) is 0.716. The first-order valence-corrected chi connectivity index (χ1v) is 10.4. The molecule has 2 heterocycles. The van der Waals surface area contributed by atoms with E-state index in [9.17, 15) is 9.18 Å². The Kier molecular flexibility index (Phi) is 5.83. The number of hydrogen-bond acceptors (Lipinski definition) is 1. The summed E-state index contributed by atoms with van der Waals surface area (Å²) in [6.45, 7) is 0.925. The molecule has 2 aromatic rings. The van der Waals surface area contributed by atoms with Crippen molar-refractivity contribution in [3.63, 3.8) is 0 Å². The highest BCUT2D eigenvalue weighted by Gasteiger charge is 2.42. The average molecular weight is 403 g/mol. The lowest BCUT2D eigenvalue weighted by molar-refractivity contribution is -0.973. The zero-order valence-corrected chi connectivity index (χ0v) is 16.5. The molecule has 2 aliphatic heterocycles. The number of para-hydroxylation sites is 1. The smallest absolute Gasteiger partial charge is 0.319 e. The average Bonchev–Trinajstić information content (AvgIpc) is 2.66. The second kappa shape index (κ2) is 8.50. The summed E-state index contributed by atoms with van der Waals surface area (Å²) in [5.41, 5.74) is 1.80. The van der Waals surface area contributed by atoms with Crippen LogP contribution in [0, 0.1) is 5.82 Å². The van der Waals surface area contributed by atoms with Gasteiger partial charge in [-0.25, -0.2) is 9.18 Å². The Bertz CT molecular complexity index is 815. The lowest BCUT2D eigenvalue weighted by atomic mass is 9.81. The summed E-state index contributed by atoms with van der Waals surface area (Å²) in [6.07, 6.45) is 5.56. The van der Waals surface area contributed by atoms with Gasteiger partial charge in [0.1, 0.15) is 12.4 Å². The number of carbonyl (C=O) groups excluding carboxylic acids is 1. The number of amides is 2. The van der Waals surface area contributed by atoms with Crippen LogP contribution < -0.4 is 15.5 Å². The van der Waals surface area contributed by atoms with E-state index in [1.54, 1.807) is 17.0 Å². The van der Waals surface area contributed by atoms with Crippen molar-refractivity contribution in [1.29, 1.82) is 0 Å². The molecular weight excluding hydrogens is 377 g/mol. The molecule has 148 valence electrons. The van der Waals surface area contributed by atoms with Gasteiger partial charge in [-0.2, -0.15) is 0 Å². The van der Waals surface area contributed by atoms with Gasteiger partial charge >= 0.3 is 6.03 Å². The molecule has 4 nitrogen and oxygen atoms in total. The number of nitrogens with one attached hydrogen (secondary N) is 3. The molecule has 6 heteroatoms. The molecular formula is C22H26ClFN3O+. The van der Waals surface area contributed by atoms with Gasteiger partial charge in [-0.05, 0) is 43.5 Å². The second-order valence-electron chi connectivity index (χ2n) is 7.95. The van der Waals surface area contributed by atoms with Crippen molar-refractivity contribution in [2.75, 3.05) is 5.32 Å². The van der Waals surface area contributed by atoms with E-state index < -0.39 is 0 Å². The Labute approximate surface area is 170 Å². The summed E-state index contributed by atoms with van der Waals surface area (Å²) in [5, 5.41) is 6.53.